The van der Waals surface area contributed by atoms with Crippen LogP contribution in [0.25, 0.3) is 11.0 Å². The molecule has 0 amide bonds. The van der Waals surface area contributed by atoms with Gasteiger partial charge in [0.05, 0.1) is 35.1 Å². The fraction of sp³-hybridized carbons (Fsp3) is 0.444. The third-order valence-electron chi connectivity index (χ3n) is 4.78. The maximum Gasteiger partial charge on any atom is 0.108 e. The molecule has 0 aliphatic carbocycles. The molecule has 0 saturated carbocycles. The first kappa shape index (κ1) is 16.6. The number of aliphatic hydroxyl groups excluding tert-OH is 1. The molecule has 1 aromatic carbocycles. The minimum Gasteiger partial charge on any atom is -0.387 e. The third-order valence-corrected chi connectivity index (χ3v) is 5.02. The van der Waals surface area contributed by atoms with Crippen molar-refractivity contribution in [3.8, 4) is 0 Å². The Balaban J connectivity index is 1.41. The molecule has 3 heterocycles. The van der Waals surface area contributed by atoms with Crippen LogP contribution >= 0.6 is 11.6 Å². The van der Waals surface area contributed by atoms with Gasteiger partial charge in [0.2, 0.25) is 0 Å². The summed E-state index contributed by atoms with van der Waals surface area (Å²) in [6.07, 6.45) is 1.09. The van der Waals surface area contributed by atoms with Crippen LogP contribution in [-0.2, 0) is 19.5 Å². The molecule has 3 aromatic rings. The van der Waals surface area contributed by atoms with Crippen molar-refractivity contribution in [2.24, 2.45) is 0 Å². The second-order valence-electron chi connectivity index (χ2n) is 6.58. The molecule has 2 N–H and O–H groups in total. The highest BCUT2D eigenvalue weighted by Crippen LogP contribution is 2.21. The summed E-state index contributed by atoms with van der Waals surface area (Å²) in [4.78, 5) is 10.4. The first-order valence-electron chi connectivity index (χ1n) is 8.73. The van der Waals surface area contributed by atoms with Crippen LogP contribution in [0, 0.1) is 0 Å². The van der Waals surface area contributed by atoms with Crippen molar-refractivity contribution in [3.63, 3.8) is 0 Å². The number of aliphatic hydroxyl groups is 1. The Kier molecular flexibility index (Phi) is 4.50. The molecule has 25 heavy (non-hydrogen) atoms. The van der Waals surface area contributed by atoms with Gasteiger partial charge in [-0.25, -0.2) is 4.98 Å². The van der Waals surface area contributed by atoms with Crippen molar-refractivity contribution < 1.29 is 5.11 Å². The van der Waals surface area contributed by atoms with Gasteiger partial charge in [0.25, 0.3) is 0 Å². The summed E-state index contributed by atoms with van der Waals surface area (Å²) in [5, 5.41) is 15.2. The van der Waals surface area contributed by atoms with Gasteiger partial charge in [0.1, 0.15) is 5.82 Å². The van der Waals surface area contributed by atoms with E-state index in [0.717, 1.165) is 60.2 Å². The summed E-state index contributed by atoms with van der Waals surface area (Å²) in [7, 11) is 0. The van der Waals surface area contributed by atoms with Gasteiger partial charge in [-0.3, -0.25) is 9.58 Å². The molecule has 0 bridgehead atoms. The molecule has 6 nitrogen and oxygen atoms in total. The summed E-state index contributed by atoms with van der Waals surface area (Å²) < 4.78 is 2.02. The zero-order valence-electron chi connectivity index (χ0n) is 14.2. The minimum absolute atomic E-state index is 0.464. The number of rotatable bonds is 5. The van der Waals surface area contributed by atoms with Gasteiger partial charge >= 0.3 is 0 Å². The number of hydrogen-bond donors (Lipinski definition) is 2. The summed E-state index contributed by atoms with van der Waals surface area (Å²) in [6.45, 7) is 5.58. The Morgan fingerprint density at radius 3 is 3.04 bits per heavy atom. The van der Waals surface area contributed by atoms with Crippen LogP contribution in [0.3, 0.4) is 0 Å². The lowest BCUT2D eigenvalue weighted by molar-refractivity contribution is 0.167. The van der Waals surface area contributed by atoms with E-state index in [2.05, 4.69) is 20.0 Å². The maximum absolute atomic E-state index is 9.97. The number of halogens is 1. The number of H-pyrrole nitrogens is 1. The SMILES string of the molecule is CC[C@@H](O)c1cc2n(n1)CCN(CCc1nc3ccc(Cl)cc3[nH]1)C2. The minimum atomic E-state index is -0.464. The van der Waals surface area contributed by atoms with Gasteiger partial charge < -0.3 is 10.1 Å². The number of nitrogens with one attached hydrogen (secondary N) is 1. The lowest BCUT2D eigenvalue weighted by atomic mass is 10.2. The zero-order valence-corrected chi connectivity index (χ0v) is 15.0. The molecule has 0 radical (unpaired) electrons. The van der Waals surface area contributed by atoms with Crippen molar-refractivity contribution >= 4 is 22.6 Å². The van der Waals surface area contributed by atoms with Crippen molar-refractivity contribution in [1.82, 2.24) is 24.6 Å². The second kappa shape index (κ2) is 6.78. The predicted octanol–water partition coefficient (Wildman–Crippen LogP) is 2.91. The molecule has 0 spiro atoms. The molecule has 0 saturated heterocycles. The monoisotopic (exact) mass is 359 g/mol. The number of hydrogen-bond acceptors (Lipinski definition) is 4. The van der Waals surface area contributed by atoms with Crippen LogP contribution < -0.4 is 0 Å². The van der Waals surface area contributed by atoms with Gasteiger partial charge in [-0.05, 0) is 30.7 Å². The van der Waals surface area contributed by atoms with Crippen LogP contribution in [0.2, 0.25) is 5.02 Å². The van der Waals surface area contributed by atoms with Crippen LogP contribution in [0.5, 0.6) is 0 Å². The van der Waals surface area contributed by atoms with Gasteiger partial charge in [-0.15, -0.1) is 0 Å². The molecule has 4 rings (SSSR count). The molecule has 1 atom stereocenters. The van der Waals surface area contributed by atoms with Crippen molar-refractivity contribution in [2.45, 2.75) is 39.0 Å². The second-order valence-corrected chi connectivity index (χ2v) is 7.02. The quantitative estimate of drug-likeness (QED) is 0.734. The van der Waals surface area contributed by atoms with E-state index in [4.69, 9.17) is 11.6 Å². The van der Waals surface area contributed by atoms with E-state index < -0.39 is 6.10 Å². The highest BCUT2D eigenvalue weighted by atomic mass is 35.5. The molecular weight excluding hydrogens is 338 g/mol. The fourth-order valence-corrected chi connectivity index (χ4v) is 3.49. The molecule has 132 valence electrons. The number of fused-ring (bicyclic) bond motifs is 2. The Morgan fingerprint density at radius 2 is 2.20 bits per heavy atom. The van der Waals surface area contributed by atoms with Crippen LogP contribution in [0.4, 0.5) is 0 Å². The summed E-state index contributed by atoms with van der Waals surface area (Å²) in [6, 6.07) is 7.75. The highest BCUT2D eigenvalue weighted by Gasteiger charge is 2.20. The van der Waals surface area contributed by atoms with Gasteiger partial charge in [-0.2, -0.15) is 5.10 Å². The number of imidazole rings is 1. The smallest absolute Gasteiger partial charge is 0.108 e. The molecule has 2 aromatic heterocycles. The van der Waals surface area contributed by atoms with E-state index in [0.29, 0.717) is 6.42 Å². The largest absolute Gasteiger partial charge is 0.387 e. The van der Waals surface area contributed by atoms with E-state index in [-0.39, 0.29) is 0 Å². The van der Waals surface area contributed by atoms with E-state index in [1.165, 1.54) is 5.69 Å². The van der Waals surface area contributed by atoms with E-state index in [1.54, 1.807) is 0 Å². The third kappa shape index (κ3) is 3.42. The van der Waals surface area contributed by atoms with Crippen LogP contribution in [0.1, 0.15) is 36.7 Å². The number of nitrogens with zero attached hydrogens (tertiary/aromatic N) is 4. The summed E-state index contributed by atoms with van der Waals surface area (Å²) in [5.74, 6) is 0.985. The van der Waals surface area contributed by atoms with E-state index >= 15 is 0 Å². The Morgan fingerprint density at radius 1 is 1.32 bits per heavy atom. The van der Waals surface area contributed by atoms with E-state index in [1.807, 2.05) is 35.9 Å². The van der Waals surface area contributed by atoms with Crippen molar-refractivity contribution in [1.29, 1.82) is 0 Å². The molecule has 0 fully saturated rings. The van der Waals surface area contributed by atoms with Crippen LogP contribution in [0.15, 0.2) is 24.3 Å². The molecule has 0 unspecified atom stereocenters. The molecule has 1 aliphatic heterocycles. The van der Waals surface area contributed by atoms with Crippen molar-refractivity contribution in [3.05, 3.63) is 46.5 Å². The van der Waals surface area contributed by atoms with Gasteiger partial charge in [0, 0.05) is 31.1 Å². The summed E-state index contributed by atoms with van der Waals surface area (Å²) >= 11 is 6.03. The standard InChI is InChI=1S/C18H22ClN5O/c1-2-17(25)16-10-13-11-23(7-8-24(13)22-16)6-5-18-20-14-4-3-12(19)9-15(14)21-18/h3-4,9-10,17,25H,2,5-8,11H2,1H3,(H,20,21)/t17-/m1/s1. The number of aromatic nitrogens is 4. The average molecular weight is 360 g/mol. The average Bonchev–Trinajstić information content (AvgIpc) is 3.21. The Bertz CT molecular complexity index is 887. The molecular formula is C18H22ClN5O. The first-order valence-corrected chi connectivity index (χ1v) is 9.11. The van der Waals surface area contributed by atoms with Gasteiger partial charge in [-0.1, -0.05) is 18.5 Å². The normalized spacial score (nSPS) is 16.3. The number of aromatic amines is 1. The van der Waals surface area contributed by atoms with Crippen molar-refractivity contribution in [2.75, 3.05) is 13.1 Å². The Labute approximate surface area is 151 Å². The predicted molar refractivity (Wildman–Crippen MR) is 97.6 cm³/mol. The van der Waals surface area contributed by atoms with Crippen LogP contribution in [-0.4, -0.2) is 42.8 Å². The molecule has 7 heteroatoms. The zero-order chi connectivity index (χ0) is 17.4. The summed E-state index contributed by atoms with van der Waals surface area (Å²) in [5.41, 5.74) is 3.89. The first-order chi connectivity index (χ1) is 12.1. The lowest BCUT2D eigenvalue weighted by Crippen LogP contribution is -2.35. The highest BCUT2D eigenvalue weighted by molar-refractivity contribution is 6.31. The maximum atomic E-state index is 9.97. The topological polar surface area (TPSA) is 70.0 Å². The fourth-order valence-electron chi connectivity index (χ4n) is 3.32. The lowest BCUT2D eigenvalue weighted by Gasteiger charge is -2.27. The van der Waals surface area contributed by atoms with Gasteiger partial charge in [0.15, 0.2) is 0 Å². The Hall–Kier alpha value is -1.89. The number of benzene rings is 1. The van der Waals surface area contributed by atoms with E-state index in [9.17, 15) is 5.11 Å². The molecule has 1 aliphatic rings.